The van der Waals surface area contributed by atoms with Gasteiger partial charge in [-0.15, -0.1) is 11.3 Å². The predicted octanol–water partition coefficient (Wildman–Crippen LogP) is 3.91. The van der Waals surface area contributed by atoms with E-state index in [4.69, 9.17) is 34.8 Å². The van der Waals surface area contributed by atoms with Gasteiger partial charge in [0.1, 0.15) is 19.5 Å². The largest absolute Gasteiger partial charge is 0.338 e. The van der Waals surface area contributed by atoms with Crippen LogP contribution in [0.3, 0.4) is 0 Å². The lowest BCUT2D eigenvalue weighted by atomic mass is 10.2. The monoisotopic (exact) mass is 404 g/mol. The van der Waals surface area contributed by atoms with Gasteiger partial charge in [0.05, 0.1) is 5.69 Å². The molecule has 0 unspecified atom stereocenters. The summed E-state index contributed by atoms with van der Waals surface area (Å²) in [5.41, 5.74) is 5.85. The van der Waals surface area contributed by atoms with E-state index in [0.29, 0.717) is 15.6 Å². The number of aryl methyl sites for hydroxylation is 1. The average Bonchev–Trinajstić information content (AvgIpc) is 2.95. The summed E-state index contributed by atoms with van der Waals surface area (Å²) in [5.74, 6) is -0.501. The number of rotatable bonds is 3. The molecule has 6 nitrogen and oxygen atoms in total. The third-order valence-corrected chi connectivity index (χ3v) is 4.76. The Morgan fingerprint density at radius 3 is 2.38 bits per heavy atom. The Labute approximate surface area is 156 Å². The number of nitrogens with one attached hydrogen (secondary N) is 3. The topological polar surface area (TPSA) is 83.1 Å². The van der Waals surface area contributed by atoms with Crippen molar-refractivity contribution in [2.24, 2.45) is 0 Å². The molecule has 0 bridgehead atoms. The van der Waals surface area contributed by atoms with Crippen molar-refractivity contribution in [3.63, 3.8) is 0 Å². The van der Waals surface area contributed by atoms with Crippen LogP contribution >= 0.6 is 46.1 Å². The van der Waals surface area contributed by atoms with Gasteiger partial charge in [-0.1, -0.05) is 65.1 Å². The number of halogens is 3. The SMILES string of the molecule is Cc1nc(-c2ccccc2)sc1C(=O)NNC(=O)NC(Cl)=C(Cl)Cl. The van der Waals surface area contributed by atoms with E-state index in [1.54, 1.807) is 6.92 Å². The van der Waals surface area contributed by atoms with Crippen LogP contribution in [0.15, 0.2) is 40.0 Å². The average molecular weight is 406 g/mol. The zero-order chi connectivity index (χ0) is 17.7. The molecular formula is C14H11Cl3N4O2S. The number of hydrogen-bond acceptors (Lipinski definition) is 4. The molecule has 0 fully saturated rings. The van der Waals surface area contributed by atoms with E-state index in [0.717, 1.165) is 5.56 Å². The quantitative estimate of drug-likeness (QED) is 0.535. The van der Waals surface area contributed by atoms with Gasteiger partial charge in [-0.25, -0.2) is 15.2 Å². The van der Waals surface area contributed by atoms with Crippen molar-refractivity contribution in [3.05, 3.63) is 50.6 Å². The maximum Gasteiger partial charge on any atom is 0.338 e. The summed E-state index contributed by atoms with van der Waals surface area (Å²) in [7, 11) is 0. The maximum atomic E-state index is 12.2. The first-order valence-electron chi connectivity index (χ1n) is 6.49. The summed E-state index contributed by atoms with van der Waals surface area (Å²) in [6, 6.07) is 8.67. The second kappa shape index (κ2) is 8.34. The Balaban J connectivity index is 2.02. The zero-order valence-electron chi connectivity index (χ0n) is 12.2. The third-order valence-electron chi connectivity index (χ3n) is 2.70. The van der Waals surface area contributed by atoms with Gasteiger partial charge in [-0.2, -0.15) is 0 Å². The van der Waals surface area contributed by atoms with Crippen LogP contribution in [0.2, 0.25) is 0 Å². The van der Waals surface area contributed by atoms with Crippen LogP contribution in [0.4, 0.5) is 4.79 Å². The highest BCUT2D eigenvalue weighted by molar-refractivity contribution is 7.17. The minimum Gasteiger partial charge on any atom is -0.295 e. The summed E-state index contributed by atoms with van der Waals surface area (Å²) >= 11 is 17.6. The van der Waals surface area contributed by atoms with Gasteiger partial charge < -0.3 is 0 Å². The van der Waals surface area contributed by atoms with Gasteiger partial charge in [0.25, 0.3) is 5.91 Å². The molecule has 126 valence electrons. The van der Waals surface area contributed by atoms with Crippen LogP contribution in [0, 0.1) is 6.92 Å². The number of hydrazine groups is 1. The second-order valence-corrected chi connectivity index (χ2v) is 6.73. The fraction of sp³-hybridized carbons (Fsp3) is 0.0714. The fourth-order valence-electron chi connectivity index (χ4n) is 1.66. The number of urea groups is 1. The molecule has 3 N–H and O–H groups in total. The molecule has 0 saturated heterocycles. The van der Waals surface area contributed by atoms with Gasteiger partial charge >= 0.3 is 6.03 Å². The highest BCUT2D eigenvalue weighted by Crippen LogP contribution is 2.27. The van der Waals surface area contributed by atoms with Gasteiger partial charge in [0, 0.05) is 5.56 Å². The zero-order valence-corrected chi connectivity index (χ0v) is 15.3. The normalized spacial score (nSPS) is 10.0. The summed E-state index contributed by atoms with van der Waals surface area (Å²) in [6.07, 6.45) is 0. The minimum atomic E-state index is -0.794. The molecule has 0 aliphatic heterocycles. The first kappa shape index (κ1) is 18.5. The lowest BCUT2D eigenvalue weighted by Gasteiger charge is -2.07. The molecule has 0 atom stereocenters. The second-order valence-electron chi connectivity index (χ2n) is 4.41. The Morgan fingerprint density at radius 2 is 1.75 bits per heavy atom. The van der Waals surface area contributed by atoms with Crippen molar-refractivity contribution in [1.82, 2.24) is 21.2 Å². The number of nitrogens with zero attached hydrogens (tertiary/aromatic N) is 1. The van der Waals surface area contributed by atoms with Crippen LogP contribution in [-0.2, 0) is 0 Å². The fourth-order valence-corrected chi connectivity index (χ4v) is 2.81. The molecule has 0 spiro atoms. The first-order valence-corrected chi connectivity index (χ1v) is 8.44. The van der Waals surface area contributed by atoms with E-state index in [2.05, 4.69) is 21.2 Å². The van der Waals surface area contributed by atoms with Crippen molar-refractivity contribution in [2.75, 3.05) is 0 Å². The lowest BCUT2D eigenvalue weighted by Crippen LogP contribution is -2.46. The summed E-state index contributed by atoms with van der Waals surface area (Å²) in [5, 5.41) is 2.59. The first-order chi connectivity index (χ1) is 11.4. The number of hydrogen-bond donors (Lipinski definition) is 3. The van der Waals surface area contributed by atoms with Crippen LogP contribution in [0.1, 0.15) is 15.4 Å². The Kier molecular flexibility index (Phi) is 6.44. The van der Waals surface area contributed by atoms with E-state index in [1.165, 1.54) is 11.3 Å². The number of amides is 3. The van der Waals surface area contributed by atoms with Gasteiger partial charge in [-0.05, 0) is 6.92 Å². The predicted molar refractivity (Wildman–Crippen MR) is 96.0 cm³/mol. The molecule has 10 heteroatoms. The molecule has 3 amide bonds. The Morgan fingerprint density at radius 1 is 1.08 bits per heavy atom. The highest BCUT2D eigenvalue weighted by atomic mass is 35.5. The van der Waals surface area contributed by atoms with Crippen molar-refractivity contribution >= 4 is 58.1 Å². The van der Waals surface area contributed by atoms with Crippen LogP contribution in [0.25, 0.3) is 10.6 Å². The molecule has 0 radical (unpaired) electrons. The van der Waals surface area contributed by atoms with E-state index in [-0.39, 0.29) is 9.65 Å². The smallest absolute Gasteiger partial charge is 0.295 e. The summed E-state index contributed by atoms with van der Waals surface area (Å²) in [6.45, 7) is 1.71. The molecule has 1 aromatic heterocycles. The summed E-state index contributed by atoms with van der Waals surface area (Å²) < 4.78 is -0.302. The van der Waals surface area contributed by atoms with E-state index < -0.39 is 11.9 Å². The number of thiazole rings is 1. The lowest BCUT2D eigenvalue weighted by molar-refractivity contribution is 0.0940. The number of benzene rings is 1. The number of carbonyl (C=O) groups excluding carboxylic acids is 2. The van der Waals surface area contributed by atoms with E-state index in [1.807, 2.05) is 30.3 Å². The molecule has 2 aromatic rings. The molecule has 1 heterocycles. The molecular weight excluding hydrogens is 395 g/mol. The maximum absolute atomic E-state index is 12.2. The van der Waals surface area contributed by atoms with Crippen LogP contribution < -0.4 is 16.2 Å². The number of aromatic nitrogens is 1. The Hall–Kier alpha value is -1.80. The highest BCUT2D eigenvalue weighted by Gasteiger charge is 2.17. The third kappa shape index (κ3) is 4.85. The van der Waals surface area contributed by atoms with Crippen molar-refractivity contribution < 1.29 is 9.59 Å². The Bertz CT molecular complexity index is 789. The van der Waals surface area contributed by atoms with E-state index in [9.17, 15) is 9.59 Å². The molecule has 0 saturated carbocycles. The van der Waals surface area contributed by atoms with Crippen LogP contribution in [0.5, 0.6) is 0 Å². The van der Waals surface area contributed by atoms with Gasteiger partial charge in [-0.3, -0.25) is 15.5 Å². The summed E-state index contributed by atoms with van der Waals surface area (Å²) in [4.78, 5) is 28.4. The molecule has 0 aliphatic carbocycles. The standard InChI is InChI=1S/C14H11Cl3N4O2S/c1-7-9(24-13(18-7)8-5-3-2-4-6-8)12(22)20-21-14(23)19-11(17)10(15)16/h2-6H,1H3,(H,20,22)(H2,19,21,23). The number of carbonyl (C=O) groups is 2. The van der Waals surface area contributed by atoms with Crippen LogP contribution in [-0.4, -0.2) is 16.9 Å². The van der Waals surface area contributed by atoms with E-state index >= 15 is 0 Å². The minimum absolute atomic E-state index is 0.259. The molecule has 0 aliphatic rings. The molecule has 24 heavy (non-hydrogen) atoms. The van der Waals surface area contributed by atoms with Crippen molar-refractivity contribution in [3.8, 4) is 10.6 Å². The van der Waals surface area contributed by atoms with Crippen molar-refractivity contribution in [1.29, 1.82) is 0 Å². The molecule has 2 rings (SSSR count). The molecule has 1 aromatic carbocycles. The van der Waals surface area contributed by atoms with Gasteiger partial charge in [0.15, 0.2) is 0 Å². The van der Waals surface area contributed by atoms with Crippen molar-refractivity contribution in [2.45, 2.75) is 6.92 Å². The van der Waals surface area contributed by atoms with Gasteiger partial charge in [0.2, 0.25) is 0 Å².